The molecule has 1 fully saturated rings. The smallest absolute Gasteiger partial charge is 0.267 e. The number of nitrogens with zero attached hydrogens (tertiary/aromatic N) is 3. The molecule has 1 aliphatic heterocycles. The van der Waals surface area contributed by atoms with Crippen molar-refractivity contribution in [2.45, 2.75) is 0 Å². The molecule has 0 aromatic carbocycles. The highest BCUT2D eigenvalue weighted by Gasteiger charge is 2.20. The second-order valence-corrected chi connectivity index (χ2v) is 5.06. The maximum absolute atomic E-state index is 11.5. The minimum absolute atomic E-state index is 0.141. The molecule has 1 aromatic heterocycles. The van der Waals surface area contributed by atoms with Crippen LogP contribution in [0.15, 0.2) is 15.6 Å². The van der Waals surface area contributed by atoms with E-state index in [4.69, 9.17) is 11.6 Å². The van der Waals surface area contributed by atoms with Crippen LogP contribution in [0.5, 0.6) is 0 Å². The van der Waals surface area contributed by atoms with E-state index < -0.39 is 0 Å². The van der Waals surface area contributed by atoms with Gasteiger partial charge in [0.15, 0.2) is 0 Å². The maximum Gasteiger partial charge on any atom is 0.267 e. The Morgan fingerprint density at radius 2 is 2.12 bits per heavy atom. The van der Waals surface area contributed by atoms with Gasteiger partial charge in [0.25, 0.3) is 5.56 Å². The second-order valence-electron chi connectivity index (χ2n) is 3.89. The minimum atomic E-state index is -0.141. The van der Waals surface area contributed by atoms with Gasteiger partial charge in [-0.05, 0) is 15.9 Å². The minimum Gasteiger partial charge on any atom is -0.353 e. The molecular formula is C10H14BrClN4O. The number of alkyl halides is 1. The predicted octanol–water partition coefficient (Wildman–Crippen LogP) is 0.893. The number of nitrogens with one attached hydrogen (secondary N) is 1. The molecule has 0 saturated carbocycles. The summed E-state index contributed by atoms with van der Waals surface area (Å²) in [6.45, 7) is 4.55. The molecule has 0 bridgehead atoms. The Morgan fingerprint density at radius 1 is 1.41 bits per heavy atom. The number of halogens is 2. The first kappa shape index (κ1) is 12.9. The molecule has 1 N–H and O–H groups in total. The molecule has 0 aliphatic carbocycles. The van der Waals surface area contributed by atoms with Crippen LogP contribution in [0.3, 0.4) is 0 Å². The van der Waals surface area contributed by atoms with Crippen molar-refractivity contribution in [3.63, 3.8) is 0 Å². The number of anilines is 1. The van der Waals surface area contributed by atoms with Gasteiger partial charge in [-0.15, -0.1) is 11.6 Å². The third-order valence-electron chi connectivity index (χ3n) is 2.85. The predicted molar refractivity (Wildman–Crippen MR) is 71.9 cm³/mol. The molecule has 1 aromatic rings. The lowest BCUT2D eigenvalue weighted by Gasteiger charge is -2.35. The first-order valence-corrected chi connectivity index (χ1v) is 6.81. The SMILES string of the molecule is O=c1[nH]cnc(N2CCN(CCCl)CC2)c1Br. The van der Waals surface area contributed by atoms with Crippen molar-refractivity contribution in [1.82, 2.24) is 14.9 Å². The first-order valence-electron chi connectivity index (χ1n) is 5.49. The van der Waals surface area contributed by atoms with Crippen molar-refractivity contribution in [2.24, 2.45) is 0 Å². The summed E-state index contributed by atoms with van der Waals surface area (Å²) in [5.74, 6) is 1.38. The topological polar surface area (TPSA) is 52.2 Å². The number of H-pyrrole nitrogens is 1. The number of rotatable bonds is 3. The van der Waals surface area contributed by atoms with Crippen LogP contribution in [0.2, 0.25) is 0 Å². The zero-order valence-electron chi connectivity index (χ0n) is 9.33. The molecule has 2 heterocycles. The Balaban J connectivity index is 2.05. The second kappa shape index (κ2) is 5.84. The van der Waals surface area contributed by atoms with E-state index in [2.05, 4.69) is 35.7 Å². The first-order chi connectivity index (χ1) is 8.22. The van der Waals surface area contributed by atoms with Crippen molar-refractivity contribution in [1.29, 1.82) is 0 Å². The van der Waals surface area contributed by atoms with E-state index in [0.29, 0.717) is 10.4 Å². The van der Waals surface area contributed by atoms with Crippen molar-refractivity contribution in [3.8, 4) is 0 Å². The standard InChI is InChI=1S/C10H14BrClN4O/c11-8-9(13-7-14-10(8)17)16-5-3-15(2-1-12)4-6-16/h7H,1-6H2,(H,13,14,17). The molecule has 5 nitrogen and oxygen atoms in total. The average molecular weight is 322 g/mol. The highest BCUT2D eigenvalue weighted by Crippen LogP contribution is 2.20. The lowest BCUT2D eigenvalue weighted by atomic mass is 10.3. The van der Waals surface area contributed by atoms with Crippen LogP contribution in [-0.4, -0.2) is 53.5 Å². The summed E-state index contributed by atoms with van der Waals surface area (Å²) < 4.78 is 0.505. The van der Waals surface area contributed by atoms with Crippen LogP contribution >= 0.6 is 27.5 Å². The molecule has 0 unspecified atom stereocenters. The van der Waals surface area contributed by atoms with E-state index in [1.807, 2.05) is 0 Å². The fraction of sp³-hybridized carbons (Fsp3) is 0.600. The van der Waals surface area contributed by atoms with Gasteiger partial charge in [0, 0.05) is 38.6 Å². The molecule has 7 heteroatoms. The molecular weight excluding hydrogens is 307 g/mol. The van der Waals surface area contributed by atoms with Gasteiger partial charge in [-0.3, -0.25) is 9.69 Å². The molecule has 17 heavy (non-hydrogen) atoms. The van der Waals surface area contributed by atoms with Gasteiger partial charge < -0.3 is 9.88 Å². The number of aromatic nitrogens is 2. The van der Waals surface area contributed by atoms with Crippen molar-refractivity contribution >= 4 is 33.3 Å². The van der Waals surface area contributed by atoms with E-state index >= 15 is 0 Å². The fourth-order valence-corrected chi connectivity index (χ4v) is 2.60. The van der Waals surface area contributed by atoms with E-state index in [1.165, 1.54) is 6.33 Å². The van der Waals surface area contributed by atoms with Gasteiger partial charge in [-0.1, -0.05) is 0 Å². The number of hydrogen-bond donors (Lipinski definition) is 1. The summed E-state index contributed by atoms with van der Waals surface area (Å²) >= 11 is 8.99. The van der Waals surface area contributed by atoms with Crippen LogP contribution in [-0.2, 0) is 0 Å². The van der Waals surface area contributed by atoms with Gasteiger partial charge in [0.2, 0.25) is 0 Å². The monoisotopic (exact) mass is 320 g/mol. The van der Waals surface area contributed by atoms with Crippen LogP contribution in [0.25, 0.3) is 0 Å². The van der Waals surface area contributed by atoms with Gasteiger partial charge >= 0.3 is 0 Å². The molecule has 1 aliphatic rings. The molecule has 1 saturated heterocycles. The largest absolute Gasteiger partial charge is 0.353 e. The summed E-state index contributed by atoms with van der Waals surface area (Å²) in [5.41, 5.74) is -0.141. The highest BCUT2D eigenvalue weighted by atomic mass is 79.9. The molecule has 0 amide bonds. The van der Waals surface area contributed by atoms with Crippen molar-refractivity contribution in [3.05, 3.63) is 21.2 Å². The molecule has 94 valence electrons. The van der Waals surface area contributed by atoms with E-state index in [1.54, 1.807) is 0 Å². The summed E-state index contributed by atoms with van der Waals surface area (Å²) in [4.78, 5) is 22.6. The lowest BCUT2D eigenvalue weighted by molar-refractivity contribution is 0.272. The van der Waals surface area contributed by atoms with Crippen molar-refractivity contribution in [2.75, 3.05) is 43.5 Å². The van der Waals surface area contributed by atoms with Crippen LogP contribution < -0.4 is 10.5 Å². The van der Waals surface area contributed by atoms with E-state index in [-0.39, 0.29) is 5.56 Å². The Bertz CT molecular complexity index is 431. The zero-order valence-corrected chi connectivity index (χ0v) is 11.7. The maximum atomic E-state index is 11.5. The molecule has 0 radical (unpaired) electrons. The Kier molecular flexibility index (Phi) is 4.42. The van der Waals surface area contributed by atoms with E-state index in [0.717, 1.165) is 38.5 Å². The summed E-state index contributed by atoms with van der Waals surface area (Å²) in [7, 11) is 0. The third kappa shape index (κ3) is 3.00. The summed E-state index contributed by atoms with van der Waals surface area (Å²) in [6.07, 6.45) is 1.44. The number of aromatic amines is 1. The van der Waals surface area contributed by atoms with E-state index in [9.17, 15) is 4.79 Å². The fourth-order valence-electron chi connectivity index (χ4n) is 1.90. The normalized spacial score (nSPS) is 17.4. The number of piperazine rings is 1. The van der Waals surface area contributed by atoms with Crippen molar-refractivity contribution < 1.29 is 0 Å². The van der Waals surface area contributed by atoms with Crippen LogP contribution in [0.1, 0.15) is 0 Å². The van der Waals surface area contributed by atoms with Gasteiger partial charge in [-0.25, -0.2) is 4.98 Å². The van der Waals surface area contributed by atoms with Gasteiger partial charge in [0.05, 0.1) is 6.33 Å². The highest BCUT2D eigenvalue weighted by molar-refractivity contribution is 9.10. The quantitative estimate of drug-likeness (QED) is 0.840. The average Bonchev–Trinajstić information content (AvgIpc) is 2.34. The zero-order chi connectivity index (χ0) is 12.3. The third-order valence-corrected chi connectivity index (χ3v) is 3.73. The summed E-state index contributed by atoms with van der Waals surface area (Å²) in [6, 6.07) is 0. The Labute approximate surface area is 113 Å². The molecule has 2 rings (SSSR count). The van der Waals surface area contributed by atoms with Gasteiger partial charge in [0.1, 0.15) is 10.3 Å². The lowest BCUT2D eigenvalue weighted by Crippen LogP contribution is -2.47. The number of hydrogen-bond acceptors (Lipinski definition) is 4. The molecule has 0 atom stereocenters. The molecule has 0 spiro atoms. The van der Waals surface area contributed by atoms with Crippen LogP contribution in [0.4, 0.5) is 5.82 Å². The summed E-state index contributed by atoms with van der Waals surface area (Å²) in [5, 5.41) is 0. The van der Waals surface area contributed by atoms with Gasteiger partial charge in [-0.2, -0.15) is 0 Å². The Hall–Kier alpha value is -0.590. The Morgan fingerprint density at radius 3 is 2.76 bits per heavy atom. The van der Waals surface area contributed by atoms with Crippen LogP contribution in [0, 0.1) is 0 Å².